The third-order valence-corrected chi connectivity index (χ3v) is 4.98. The largest absolute Gasteiger partial charge is 0.494 e. The van der Waals surface area contributed by atoms with Gasteiger partial charge in [-0.2, -0.15) is 0 Å². The molecule has 3 N–H and O–H groups in total. The van der Waals surface area contributed by atoms with Crippen molar-refractivity contribution in [2.24, 2.45) is 10.9 Å². The number of benzene rings is 1. The van der Waals surface area contributed by atoms with E-state index in [4.69, 9.17) is 10.5 Å². The van der Waals surface area contributed by atoms with Gasteiger partial charge >= 0.3 is 0 Å². The SMILES string of the molecule is COc1cc(N)c(C=NC2CCC(C=O)CC2)cc1NC(=O)c1cncc(F)c1. The van der Waals surface area contributed by atoms with Crippen molar-refractivity contribution in [3.05, 3.63) is 47.5 Å². The van der Waals surface area contributed by atoms with Crippen LogP contribution in [0.2, 0.25) is 0 Å². The second-order valence-corrected chi connectivity index (χ2v) is 7.01. The van der Waals surface area contributed by atoms with Gasteiger partial charge in [-0.1, -0.05) is 0 Å². The van der Waals surface area contributed by atoms with Gasteiger partial charge in [-0.3, -0.25) is 14.8 Å². The molecule has 1 amide bonds. The second kappa shape index (κ2) is 9.27. The number of nitrogens with zero attached hydrogens (tertiary/aromatic N) is 2. The number of aromatic nitrogens is 1. The van der Waals surface area contributed by atoms with Crippen molar-refractivity contribution in [1.82, 2.24) is 4.98 Å². The minimum atomic E-state index is -0.598. The number of nitrogen functional groups attached to an aromatic ring is 1. The number of methoxy groups -OCH3 is 1. The van der Waals surface area contributed by atoms with Crippen LogP contribution in [0, 0.1) is 11.7 Å². The van der Waals surface area contributed by atoms with Crippen LogP contribution in [-0.4, -0.2) is 36.5 Å². The molecule has 1 aliphatic rings. The van der Waals surface area contributed by atoms with Crippen molar-refractivity contribution < 1.29 is 18.7 Å². The fraction of sp³-hybridized carbons (Fsp3) is 0.333. The van der Waals surface area contributed by atoms with Crippen molar-refractivity contribution >= 4 is 29.8 Å². The summed E-state index contributed by atoms with van der Waals surface area (Å²) in [5, 5.41) is 2.70. The molecule has 1 aromatic carbocycles. The number of rotatable bonds is 6. The number of aliphatic imine (C=N–C) groups is 1. The Bertz CT molecular complexity index is 924. The van der Waals surface area contributed by atoms with Crippen LogP contribution in [0.1, 0.15) is 41.6 Å². The maximum atomic E-state index is 13.3. The first-order valence-electron chi connectivity index (χ1n) is 9.38. The number of hydrogen-bond acceptors (Lipinski definition) is 6. The lowest BCUT2D eigenvalue weighted by molar-refractivity contribution is -0.111. The highest BCUT2D eigenvalue weighted by molar-refractivity contribution is 6.05. The fourth-order valence-electron chi connectivity index (χ4n) is 3.29. The Balaban J connectivity index is 1.78. The molecule has 3 rings (SSSR count). The number of carbonyl (C=O) groups excluding carboxylic acids is 2. The minimum Gasteiger partial charge on any atom is -0.494 e. The van der Waals surface area contributed by atoms with Crippen molar-refractivity contribution in [3.63, 3.8) is 0 Å². The molecule has 0 radical (unpaired) electrons. The molecule has 7 nitrogen and oxygen atoms in total. The molecule has 1 aromatic heterocycles. The Morgan fingerprint density at radius 2 is 2.03 bits per heavy atom. The van der Waals surface area contributed by atoms with Gasteiger partial charge in [-0.05, 0) is 37.8 Å². The highest BCUT2D eigenvalue weighted by Gasteiger charge is 2.20. The standard InChI is InChI=1S/C21H23FN4O3/c1-29-20-8-18(23)14(10-25-17-4-2-13(12-27)3-5-17)7-19(20)26-21(28)15-6-16(22)11-24-9-15/h6-13,17H,2-5,23H2,1H3,(H,26,28). The first kappa shape index (κ1) is 20.4. The molecule has 0 bridgehead atoms. The molecule has 0 spiro atoms. The average Bonchev–Trinajstić information content (AvgIpc) is 2.74. The van der Waals surface area contributed by atoms with E-state index < -0.39 is 11.7 Å². The maximum Gasteiger partial charge on any atom is 0.257 e. The summed E-state index contributed by atoms with van der Waals surface area (Å²) in [7, 11) is 1.47. The summed E-state index contributed by atoms with van der Waals surface area (Å²) in [6.07, 6.45) is 8.39. The van der Waals surface area contributed by atoms with Gasteiger partial charge in [0.2, 0.25) is 0 Å². The van der Waals surface area contributed by atoms with E-state index in [-0.39, 0.29) is 17.5 Å². The average molecular weight is 398 g/mol. The van der Waals surface area contributed by atoms with E-state index in [1.165, 1.54) is 13.3 Å². The molecule has 1 heterocycles. The van der Waals surface area contributed by atoms with Crippen LogP contribution in [0.15, 0.2) is 35.6 Å². The predicted octanol–water partition coefficient (Wildman–Crippen LogP) is 3.24. The summed E-state index contributed by atoms with van der Waals surface area (Å²) in [6, 6.07) is 4.51. The number of halogens is 1. The van der Waals surface area contributed by atoms with Gasteiger partial charge in [0.1, 0.15) is 17.9 Å². The molecular weight excluding hydrogens is 375 g/mol. The third kappa shape index (κ3) is 5.16. The summed E-state index contributed by atoms with van der Waals surface area (Å²) in [4.78, 5) is 31.6. The Morgan fingerprint density at radius 1 is 1.28 bits per heavy atom. The molecule has 1 aliphatic carbocycles. The van der Waals surface area contributed by atoms with Gasteiger partial charge in [0.05, 0.1) is 24.6 Å². The number of hydrogen-bond donors (Lipinski definition) is 2. The Kier molecular flexibility index (Phi) is 6.54. The van der Waals surface area contributed by atoms with E-state index in [2.05, 4.69) is 15.3 Å². The Hall–Kier alpha value is -3.29. The Morgan fingerprint density at radius 3 is 2.69 bits per heavy atom. The Labute approximate surface area is 168 Å². The predicted molar refractivity (Wildman–Crippen MR) is 109 cm³/mol. The number of nitrogens with two attached hydrogens (primary N) is 1. The number of nitrogens with one attached hydrogen (secondary N) is 1. The highest BCUT2D eigenvalue weighted by Crippen LogP contribution is 2.30. The lowest BCUT2D eigenvalue weighted by Crippen LogP contribution is -2.18. The van der Waals surface area contributed by atoms with Crippen molar-refractivity contribution in [3.8, 4) is 5.75 Å². The molecule has 29 heavy (non-hydrogen) atoms. The topological polar surface area (TPSA) is 107 Å². The van der Waals surface area contributed by atoms with Crippen molar-refractivity contribution in [2.45, 2.75) is 31.7 Å². The summed E-state index contributed by atoms with van der Waals surface area (Å²) in [6.45, 7) is 0. The normalized spacial score (nSPS) is 19.1. The van der Waals surface area contributed by atoms with Crippen molar-refractivity contribution in [2.75, 3.05) is 18.2 Å². The first-order valence-corrected chi connectivity index (χ1v) is 9.38. The lowest BCUT2D eigenvalue weighted by atomic mass is 9.87. The summed E-state index contributed by atoms with van der Waals surface area (Å²) < 4.78 is 18.6. The van der Waals surface area contributed by atoms with Crippen LogP contribution >= 0.6 is 0 Å². The number of aldehydes is 1. The van der Waals surface area contributed by atoms with Gasteiger partial charge in [-0.15, -0.1) is 0 Å². The zero-order valence-corrected chi connectivity index (χ0v) is 16.1. The van der Waals surface area contributed by atoms with Gasteiger partial charge < -0.3 is 20.6 Å². The molecule has 1 saturated carbocycles. The van der Waals surface area contributed by atoms with Crippen LogP contribution in [0.5, 0.6) is 5.75 Å². The molecular formula is C21H23FN4O3. The maximum absolute atomic E-state index is 13.3. The van der Waals surface area contributed by atoms with Gasteiger partial charge in [-0.25, -0.2) is 4.39 Å². The zero-order valence-electron chi connectivity index (χ0n) is 16.1. The lowest BCUT2D eigenvalue weighted by Gasteiger charge is -2.22. The van der Waals surface area contributed by atoms with E-state index in [0.717, 1.165) is 44.2 Å². The van der Waals surface area contributed by atoms with Crippen LogP contribution < -0.4 is 15.8 Å². The van der Waals surface area contributed by atoms with Gasteiger partial charge in [0, 0.05) is 41.7 Å². The highest BCUT2D eigenvalue weighted by atomic mass is 19.1. The third-order valence-electron chi connectivity index (χ3n) is 4.98. The van der Waals surface area contributed by atoms with Gasteiger partial charge in [0.25, 0.3) is 5.91 Å². The first-order chi connectivity index (χ1) is 14.0. The molecule has 0 unspecified atom stereocenters. The number of carbonyl (C=O) groups is 2. The van der Waals surface area contributed by atoms with E-state index in [9.17, 15) is 14.0 Å². The molecule has 0 saturated heterocycles. The summed E-state index contributed by atoms with van der Waals surface area (Å²) in [5.41, 5.74) is 7.67. The van der Waals surface area contributed by atoms with Gasteiger partial charge in [0.15, 0.2) is 0 Å². The second-order valence-electron chi connectivity index (χ2n) is 7.01. The number of anilines is 2. The molecule has 0 atom stereocenters. The quantitative estimate of drug-likeness (QED) is 0.441. The van der Waals surface area contributed by atoms with E-state index in [1.54, 1.807) is 18.3 Å². The summed E-state index contributed by atoms with van der Waals surface area (Å²) >= 11 is 0. The van der Waals surface area contributed by atoms with Crippen LogP contribution in [0.4, 0.5) is 15.8 Å². The fourth-order valence-corrected chi connectivity index (χ4v) is 3.29. The molecule has 2 aromatic rings. The molecule has 1 fully saturated rings. The summed E-state index contributed by atoms with van der Waals surface area (Å²) in [5.74, 6) is -0.607. The molecule has 8 heteroatoms. The smallest absolute Gasteiger partial charge is 0.257 e. The van der Waals surface area contributed by atoms with Crippen molar-refractivity contribution in [1.29, 1.82) is 0 Å². The van der Waals surface area contributed by atoms with Crippen LogP contribution in [0.3, 0.4) is 0 Å². The monoisotopic (exact) mass is 398 g/mol. The zero-order chi connectivity index (χ0) is 20.8. The molecule has 152 valence electrons. The van der Waals surface area contributed by atoms with E-state index in [1.807, 2.05) is 0 Å². The van der Waals surface area contributed by atoms with Crippen LogP contribution in [0.25, 0.3) is 0 Å². The number of amides is 1. The van der Waals surface area contributed by atoms with E-state index >= 15 is 0 Å². The van der Waals surface area contributed by atoms with Crippen LogP contribution in [-0.2, 0) is 4.79 Å². The van der Waals surface area contributed by atoms with E-state index in [0.29, 0.717) is 22.7 Å². The minimum absolute atomic E-state index is 0.0889. The number of pyridine rings is 1. The number of ether oxygens (including phenoxy) is 1. The molecule has 0 aliphatic heterocycles.